The van der Waals surface area contributed by atoms with E-state index in [-0.39, 0.29) is 28.4 Å². The third-order valence-electron chi connectivity index (χ3n) is 5.97. The number of halogens is 2. The van der Waals surface area contributed by atoms with Crippen molar-refractivity contribution in [2.24, 2.45) is 0 Å². The fraction of sp³-hybridized carbons (Fsp3) is 0.550. The average molecular weight is 515 g/mol. The molecule has 4 heterocycles. The maximum Gasteiger partial charge on any atom is 0.291 e. The third-order valence-corrected chi connectivity index (χ3v) is 8.51. The molecule has 1 saturated heterocycles. The van der Waals surface area contributed by atoms with E-state index in [9.17, 15) is 22.3 Å². The molecule has 1 aliphatic carbocycles. The predicted molar refractivity (Wildman–Crippen MR) is 121 cm³/mol. The summed E-state index contributed by atoms with van der Waals surface area (Å²) in [6, 6.07) is 1.58. The molecular formula is C20H24F2N6O4S2. The summed E-state index contributed by atoms with van der Waals surface area (Å²) in [6.45, 7) is 4.35. The lowest BCUT2D eigenvalue weighted by Gasteiger charge is -2.38. The number of rotatable bonds is 7. The van der Waals surface area contributed by atoms with Crippen LogP contribution in [0.5, 0.6) is 0 Å². The van der Waals surface area contributed by atoms with E-state index in [1.807, 2.05) is 18.7 Å². The van der Waals surface area contributed by atoms with Crippen LogP contribution in [0.25, 0.3) is 16.3 Å². The number of aliphatic hydroxyl groups excluding tert-OH is 1. The van der Waals surface area contributed by atoms with Gasteiger partial charge in [-0.05, 0) is 32.8 Å². The minimum atomic E-state index is -3.88. The molecule has 14 heteroatoms. The molecule has 2 aliphatic rings. The first-order valence-corrected chi connectivity index (χ1v) is 13.1. The number of alkyl halides is 2. The molecule has 5 rings (SSSR count). The summed E-state index contributed by atoms with van der Waals surface area (Å²) in [7, 11) is -3.88. The van der Waals surface area contributed by atoms with Crippen molar-refractivity contribution in [1.29, 1.82) is 0 Å². The van der Waals surface area contributed by atoms with Crippen LogP contribution in [-0.2, 0) is 14.8 Å². The van der Waals surface area contributed by atoms with Crippen LogP contribution in [0.3, 0.4) is 0 Å². The smallest absolute Gasteiger partial charge is 0.291 e. The van der Waals surface area contributed by atoms with Crippen LogP contribution < -0.4 is 9.62 Å². The van der Waals surface area contributed by atoms with Crippen molar-refractivity contribution in [3.05, 3.63) is 23.5 Å². The number of hydrogen-bond acceptors (Lipinski definition) is 9. The van der Waals surface area contributed by atoms with Gasteiger partial charge < -0.3 is 14.7 Å². The van der Waals surface area contributed by atoms with Crippen LogP contribution in [0.2, 0.25) is 0 Å². The van der Waals surface area contributed by atoms with E-state index < -0.39 is 33.1 Å². The molecule has 0 amide bonds. The largest absolute Gasteiger partial charge is 0.394 e. The summed E-state index contributed by atoms with van der Waals surface area (Å²) < 4.78 is 62.7. The molecule has 10 nitrogen and oxygen atoms in total. The summed E-state index contributed by atoms with van der Waals surface area (Å²) in [5.41, 5.74) is 0.674. The quantitative estimate of drug-likeness (QED) is 0.492. The SMILES string of the molecule is C[C@H]1CN(c2cc(S(=O)(=O)NC3(C)CC3)cn3c(-c4nnc(C(F)F)s4)ncc23)C[C@H](CO)O1. The van der Waals surface area contributed by atoms with E-state index in [0.29, 0.717) is 35.6 Å². The first-order valence-electron chi connectivity index (χ1n) is 10.8. The van der Waals surface area contributed by atoms with Gasteiger partial charge in [-0.15, -0.1) is 10.2 Å². The molecule has 3 aromatic heterocycles. The molecule has 0 aromatic carbocycles. The van der Waals surface area contributed by atoms with Gasteiger partial charge in [0.2, 0.25) is 10.0 Å². The minimum Gasteiger partial charge on any atom is -0.394 e. The van der Waals surface area contributed by atoms with Gasteiger partial charge in [-0.1, -0.05) is 11.3 Å². The van der Waals surface area contributed by atoms with Crippen molar-refractivity contribution >= 4 is 32.6 Å². The van der Waals surface area contributed by atoms with E-state index >= 15 is 0 Å². The summed E-state index contributed by atoms with van der Waals surface area (Å²) in [6.07, 6.45) is 1.06. The second-order valence-electron chi connectivity index (χ2n) is 8.97. The Morgan fingerprint density at radius 3 is 2.76 bits per heavy atom. The highest BCUT2D eigenvalue weighted by molar-refractivity contribution is 7.89. The average Bonchev–Trinajstić information content (AvgIpc) is 3.18. The summed E-state index contributed by atoms with van der Waals surface area (Å²) in [5, 5.41) is 16.7. The highest BCUT2D eigenvalue weighted by Gasteiger charge is 2.41. The normalized spacial score (nSPS) is 22.6. The van der Waals surface area contributed by atoms with E-state index in [1.165, 1.54) is 6.20 Å². The van der Waals surface area contributed by atoms with Gasteiger partial charge in [0.15, 0.2) is 15.8 Å². The van der Waals surface area contributed by atoms with Gasteiger partial charge in [0.1, 0.15) is 4.90 Å². The zero-order valence-electron chi connectivity index (χ0n) is 18.5. The highest BCUT2D eigenvalue weighted by Crippen LogP contribution is 2.38. The zero-order chi connectivity index (χ0) is 24.3. The molecule has 34 heavy (non-hydrogen) atoms. The Morgan fingerprint density at radius 1 is 1.35 bits per heavy atom. The van der Waals surface area contributed by atoms with E-state index in [2.05, 4.69) is 19.9 Å². The number of fused-ring (bicyclic) bond motifs is 1. The number of nitrogens with zero attached hydrogens (tertiary/aromatic N) is 5. The number of nitrogens with one attached hydrogen (secondary N) is 1. The molecule has 0 radical (unpaired) electrons. The molecule has 3 aromatic rings. The van der Waals surface area contributed by atoms with Gasteiger partial charge in [0.05, 0.1) is 36.2 Å². The van der Waals surface area contributed by atoms with Crippen LogP contribution in [0, 0.1) is 0 Å². The number of imidazole rings is 1. The van der Waals surface area contributed by atoms with Crippen LogP contribution >= 0.6 is 11.3 Å². The second-order valence-corrected chi connectivity index (χ2v) is 11.7. The Morgan fingerprint density at radius 2 is 2.12 bits per heavy atom. The maximum absolute atomic E-state index is 13.3. The fourth-order valence-corrected chi connectivity index (χ4v) is 6.22. The molecule has 2 fully saturated rings. The fourth-order valence-electron chi connectivity index (χ4n) is 4.04. The summed E-state index contributed by atoms with van der Waals surface area (Å²) in [4.78, 5) is 6.32. The van der Waals surface area contributed by atoms with Crippen LogP contribution in [0.1, 0.15) is 38.1 Å². The number of sulfonamides is 1. The zero-order valence-corrected chi connectivity index (χ0v) is 20.1. The lowest BCUT2D eigenvalue weighted by atomic mass is 10.2. The lowest BCUT2D eigenvalue weighted by Crippen LogP contribution is -2.48. The predicted octanol–water partition coefficient (Wildman–Crippen LogP) is 2.21. The molecule has 0 spiro atoms. The Labute approximate surface area is 198 Å². The second kappa shape index (κ2) is 8.45. The van der Waals surface area contributed by atoms with Crippen LogP contribution in [0.4, 0.5) is 14.5 Å². The molecule has 0 bridgehead atoms. The number of ether oxygens (including phenoxy) is 1. The standard InChI is InChI=1S/C20H24F2N6O4S2/c1-11-7-27(8-12(10-29)32-11)14-5-13(34(30,31)26-20(2)3-4-20)9-28-15(14)6-23-17(28)19-25-24-18(33-19)16(21)22/h5-6,9,11-12,16,26,29H,3-4,7-8,10H2,1-2H3/t11-,12+/m0/s1. The number of pyridine rings is 1. The van der Waals surface area contributed by atoms with Crippen molar-refractivity contribution < 1.29 is 27.0 Å². The van der Waals surface area contributed by atoms with E-state index in [1.54, 1.807) is 16.7 Å². The lowest BCUT2D eigenvalue weighted by molar-refractivity contribution is -0.0420. The third kappa shape index (κ3) is 4.40. The number of aromatic nitrogens is 4. The van der Waals surface area contributed by atoms with Gasteiger partial charge in [0.25, 0.3) is 6.43 Å². The van der Waals surface area contributed by atoms with E-state index in [4.69, 9.17) is 4.74 Å². The summed E-state index contributed by atoms with van der Waals surface area (Å²) in [5.74, 6) is 0.218. The molecule has 0 unspecified atom stereocenters. The van der Waals surface area contributed by atoms with Crippen molar-refractivity contribution in [3.8, 4) is 10.8 Å². The van der Waals surface area contributed by atoms with Gasteiger partial charge in [-0.3, -0.25) is 4.40 Å². The minimum absolute atomic E-state index is 0.0145. The number of anilines is 1. The van der Waals surface area contributed by atoms with Crippen LogP contribution in [0.15, 0.2) is 23.4 Å². The Hall–Kier alpha value is -2.26. The van der Waals surface area contributed by atoms with Crippen molar-refractivity contribution in [2.45, 2.75) is 55.8 Å². The topological polar surface area (TPSA) is 122 Å². The van der Waals surface area contributed by atoms with Crippen molar-refractivity contribution in [1.82, 2.24) is 24.3 Å². The first kappa shape index (κ1) is 23.5. The van der Waals surface area contributed by atoms with Gasteiger partial charge in [-0.2, -0.15) is 0 Å². The van der Waals surface area contributed by atoms with Gasteiger partial charge in [-0.25, -0.2) is 26.9 Å². The molecule has 1 aliphatic heterocycles. The molecule has 2 N–H and O–H groups in total. The number of morpholine rings is 1. The highest BCUT2D eigenvalue weighted by atomic mass is 32.2. The maximum atomic E-state index is 13.3. The summed E-state index contributed by atoms with van der Waals surface area (Å²) >= 11 is 0.705. The number of hydrogen-bond donors (Lipinski definition) is 2. The Bertz CT molecular complexity index is 1320. The van der Waals surface area contributed by atoms with Crippen molar-refractivity contribution in [2.75, 3.05) is 24.6 Å². The van der Waals surface area contributed by atoms with Gasteiger partial charge in [0, 0.05) is 24.8 Å². The van der Waals surface area contributed by atoms with Crippen molar-refractivity contribution in [3.63, 3.8) is 0 Å². The number of aliphatic hydroxyl groups is 1. The molecule has 1 saturated carbocycles. The molecule has 2 atom stereocenters. The molecule has 184 valence electrons. The van der Waals surface area contributed by atoms with Gasteiger partial charge >= 0.3 is 0 Å². The Kier molecular flexibility index (Phi) is 5.83. The van der Waals surface area contributed by atoms with E-state index in [0.717, 1.165) is 12.8 Å². The molecular weight excluding hydrogens is 490 g/mol. The Balaban J connectivity index is 1.66. The first-order chi connectivity index (χ1) is 16.1. The van der Waals surface area contributed by atoms with Crippen LogP contribution in [-0.4, -0.2) is 70.5 Å². The monoisotopic (exact) mass is 514 g/mol.